The number of alkyl carbamates (subject to hydrolysis) is 2. The zero-order valence-corrected chi connectivity index (χ0v) is 64.1. The Morgan fingerprint density at radius 1 is 0.560 bits per heavy atom. The maximum absolute atomic E-state index is 14.4. The SMILES string of the molecule is CC(C)(C)OC(=O)N[C@H]1CCCOC/C=C\[C@@H]2C[C@@]2(C(=O)NS(=O)(=O)C2CC2)NC(=O)[C@@H]2C[C@@H](OC(=O)N3Cc4cccc(F)c4C3)CN2C1=O.CC(C)(C)OC(=O)N[C@H]1CCCOCCC[C@@H]2C[C@@]2(C(=O)NS(=O)(=O)C2CC2)NC(=O)[C@@H]2C[C@@H](OC(=O)N3Cc4cccc(F)c4C3)CN2C1=O.NS(=O)(=O)C1CC1. The normalized spacial score (nSPS) is 28.4. The Labute approximate surface area is 631 Å². The maximum Gasteiger partial charge on any atom is 0.410 e. The highest BCUT2D eigenvalue weighted by Gasteiger charge is 2.64. The summed E-state index contributed by atoms with van der Waals surface area (Å²) >= 11 is 0. The predicted octanol–water partition coefficient (Wildman–Crippen LogP) is 3.64. The van der Waals surface area contributed by atoms with Crippen LogP contribution in [0, 0.1) is 23.5 Å². The summed E-state index contributed by atoms with van der Waals surface area (Å²) in [5.74, 6) is -6.28. The van der Waals surface area contributed by atoms with Crippen LogP contribution in [0.25, 0.3) is 0 Å². The first-order valence-electron chi connectivity index (χ1n) is 36.9. The van der Waals surface area contributed by atoms with E-state index in [1.165, 1.54) is 31.7 Å². The number of nitrogens with one attached hydrogen (secondary N) is 6. The lowest BCUT2D eigenvalue weighted by molar-refractivity contribution is -0.141. The molecule has 8 N–H and O–H groups in total. The number of ether oxygens (including phenoxy) is 6. The number of carbonyl (C=O) groups excluding carboxylic acids is 10. The van der Waals surface area contributed by atoms with E-state index < -0.39 is 177 Å². The molecule has 0 radical (unpaired) electrons. The van der Waals surface area contributed by atoms with E-state index in [4.69, 9.17) is 33.6 Å². The highest BCUT2D eigenvalue weighted by atomic mass is 32.2. The largest absolute Gasteiger partial charge is 0.444 e. The molecule has 0 aromatic heterocycles. The summed E-state index contributed by atoms with van der Waals surface area (Å²) < 4.78 is 138. The topological polar surface area (TPSA) is 440 Å². The fourth-order valence-electron chi connectivity index (χ4n) is 14.2. The number of nitrogens with two attached hydrogens (primary N) is 1. The Bertz CT molecular complexity index is 4260. The summed E-state index contributed by atoms with van der Waals surface area (Å²) in [7, 11) is -11.0. The van der Waals surface area contributed by atoms with Crippen LogP contribution in [-0.2, 0) is 113 Å². The Morgan fingerprint density at radius 2 is 0.982 bits per heavy atom. The van der Waals surface area contributed by atoms with E-state index in [-0.39, 0.29) is 109 Å². The first-order chi connectivity index (χ1) is 51.2. The van der Waals surface area contributed by atoms with Crippen molar-refractivity contribution in [2.24, 2.45) is 17.0 Å². The molecule has 11 aliphatic rings. The predicted molar refractivity (Wildman–Crippen MR) is 381 cm³/mol. The summed E-state index contributed by atoms with van der Waals surface area (Å²) in [5, 5.41) is 13.9. The fraction of sp³-hybridized carbons (Fsp3) is 0.662. The molecule has 5 aliphatic carbocycles. The van der Waals surface area contributed by atoms with Crippen molar-refractivity contribution in [3.63, 3.8) is 0 Å². The summed E-state index contributed by atoms with van der Waals surface area (Å²) in [6, 6.07) is 4.38. The van der Waals surface area contributed by atoms with Gasteiger partial charge in [-0.1, -0.05) is 36.4 Å². The summed E-state index contributed by atoms with van der Waals surface area (Å²) in [6.07, 6.45) is 3.54. The van der Waals surface area contributed by atoms with Gasteiger partial charge in [-0.25, -0.2) is 58.4 Å². The number of sulfonamides is 3. The number of nitrogens with zero attached hydrogens (tertiary/aromatic N) is 4. The van der Waals surface area contributed by atoms with Crippen molar-refractivity contribution in [1.29, 1.82) is 0 Å². The second kappa shape index (κ2) is 32.5. The van der Waals surface area contributed by atoms with Gasteiger partial charge in [0.05, 0.1) is 48.5 Å². The molecule has 109 heavy (non-hydrogen) atoms. The average molecular weight is 1590 g/mol. The van der Waals surface area contributed by atoms with Crippen LogP contribution in [0.3, 0.4) is 0 Å². The number of hydrogen-bond donors (Lipinski definition) is 7. The van der Waals surface area contributed by atoms with Crippen molar-refractivity contribution in [2.45, 2.75) is 245 Å². The molecule has 2 aromatic rings. The van der Waals surface area contributed by atoms with Crippen molar-refractivity contribution in [3.05, 3.63) is 82.4 Å². The zero-order valence-electron chi connectivity index (χ0n) is 61.7. The summed E-state index contributed by atoms with van der Waals surface area (Å²) in [6.45, 7) is 10.8. The third-order valence-electron chi connectivity index (χ3n) is 20.6. The van der Waals surface area contributed by atoms with E-state index in [9.17, 15) is 82.0 Å². The molecule has 3 saturated heterocycles. The Hall–Kier alpha value is -8.33. The maximum atomic E-state index is 14.4. The first-order valence-corrected chi connectivity index (χ1v) is 41.6. The van der Waals surface area contributed by atoms with Gasteiger partial charge in [-0.2, -0.15) is 0 Å². The molecule has 10 amide bonds. The standard InChI is InChI=1S/C34H46FN5O10S.C34H44FN5O10S.C3H7NO2S/c2*1-33(2,3)50-31(44)36-26-10-6-14-48-13-5-8-21-16-34(21,30(43)38-51(46,47)23-11-12-23)37-28(41)27-15-22(18-40(27)29(26)42)49-32(45)39-17-20-7-4-9-25(35)24(20)19-39;4-7(5,6)3-1-2-3/h4,7,9,21-23,26-27H,5-6,8,10-19H2,1-3H3,(H,36,44)(H,37,41)(H,38,43);4-5,7-9,21-23,26-27H,6,10-19H2,1-3H3,(H,36,44)(H,37,41)(H,38,43);3H,1-2H2,(H2,4,5,6)/b;8-5-;/t2*21-,22-,26+,27+,34-;/m11./s1. The zero-order chi connectivity index (χ0) is 78.9. The lowest BCUT2D eigenvalue weighted by atomic mass is 10.1. The molecule has 10 atom stereocenters. The lowest BCUT2D eigenvalue weighted by Crippen LogP contribution is -2.58. The number of halogens is 2. The second-order valence-electron chi connectivity index (χ2n) is 31.7. The molecule has 38 heteroatoms. The molecule has 5 saturated carbocycles. The molecule has 13 rings (SSSR count). The van der Waals surface area contributed by atoms with Crippen LogP contribution in [0.2, 0.25) is 0 Å². The number of carbonyl (C=O) groups is 10. The highest BCUT2D eigenvalue weighted by molar-refractivity contribution is 7.91. The Morgan fingerprint density at radius 3 is 1.39 bits per heavy atom. The molecular weight excluding hydrogens is 1490 g/mol. The minimum absolute atomic E-state index is 0.00709. The molecule has 2 aromatic carbocycles. The molecular formula is C71H97F2N11O22S3. The quantitative estimate of drug-likeness (QED) is 0.125. The van der Waals surface area contributed by atoms with Crippen LogP contribution < -0.4 is 35.9 Å². The number of primary sulfonamides is 1. The van der Waals surface area contributed by atoms with Gasteiger partial charge in [0.2, 0.25) is 53.7 Å². The van der Waals surface area contributed by atoms with E-state index in [1.54, 1.807) is 78.0 Å². The van der Waals surface area contributed by atoms with Gasteiger partial charge in [-0.3, -0.25) is 48.0 Å². The number of benzene rings is 2. The Kier molecular flexibility index (Phi) is 24.4. The smallest absolute Gasteiger partial charge is 0.410 e. The van der Waals surface area contributed by atoms with Crippen molar-refractivity contribution in [3.8, 4) is 0 Å². The van der Waals surface area contributed by atoms with Crippen LogP contribution in [0.1, 0.15) is 167 Å². The van der Waals surface area contributed by atoms with E-state index in [2.05, 4.69) is 30.7 Å². The van der Waals surface area contributed by atoms with Crippen LogP contribution in [0.15, 0.2) is 48.6 Å². The van der Waals surface area contributed by atoms with Gasteiger partial charge in [0.1, 0.15) is 70.3 Å². The lowest BCUT2D eigenvalue weighted by Gasteiger charge is -2.30. The molecule has 33 nitrogen and oxygen atoms in total. The molecule has 6 aliphatic heterocycles. The third-order valence-corrected chi connectivity index (χ3v) is 25.6. The van der Waals surface area contributed by atoms with E-state index in [1.807, 2.05) is 0 Å². The third kappa shape index (κ3) is 20.6. The first kappa shape index (κ1) is 81.7. The summed E-state index contributed by atoms with van der Waals surface area (Å²) in [5.41, 5.74) is -2.81. The molecule has 600 valence electrons. The van der Waals surface area contributed by atoms with Gasteiger partial charge < -0.3 is 59.5 Å². The van der Waals surface area contributed by atoms with Crippen LogP contribution in [0.4, 0.5) is 28.0 Å². The second-order valence-corrected chi connectivity index (χ2v) is 37.4. The fourth-order valence-corrected chi connectivity index (χ4v) is 17.7. The van der Waals surface area contributed by atoms with Crippen molar-refractivity contribution in [1.82, 2.24) is 50.3 Å². The van der Waals surface area contributed by atoms with Gasteiger partial charge in [0, 0.05) is 62.8 Å². The van der Waals surface area contributed by atoms with Crippen LogP contribution in [-0.4, -0.2) is 219 Å². The van der Waals surface area contributed by atoms with Gasteiger partial charge in [0.15, 0.2) is 0 Å². The molecule has 0 spiro atoms. The molecule has 0 bridgehead atoms. The van der Waals surface area contributed by atoms with Gasteiger partial charge >= 0.3 is 24.4 Å². The van der Waals surface area contributed by atoms with Crippen molar-refractivity contribution in [2.75, 3.05) is 39.5 Å². The molecule has 8 fully saturated rings. The van der Waals surface area contributed by atoms with Crippen LogP contribution in [0.5, 0.6) is 0 Å². The highest BCUT2D eigenvalue weighted by Crippen LogP contribution is 2.49. The number of hydrogen-bond acceptors (Lipinski definition) is 22. The number of fused-ring (bicyclic) bond motifs is 6. The van der Waals surface area contributed by atoms with Crippen molar-refractivity contribution < 1.29 is 110 Å². The van der Waals surface area contributed by atoms with Crippen LogP contribution >= 0.6 is 0 Å². The summed E-state index contributed by atoms with van der Waals surface area (Å²) in [4.78, 5) is 141. The van der Waals surface area contributed by atoms with E-state index in [0.29, 0.717) is 80.2 Å². The monoisotopic (exact) mass is 1590 g/mol. The molecule has 0 unspecified atom stereocenters. The molecule has 6 heterocycles. The van der Waals surface area contributed by atoms with Gasteiger partial charge in [-0.05, 0) is 161 Å². The van der Waals surface area contributed by atoms with Gasteiger partial charge in [-0.15, -0.1) is 0 Å². The van der Waals surface area contributed by atoms with Gasteiger partial charge in [0.25, 0.3) is 11.8 Å². The van der Waals surface area contributed by atoms with E-state index >= 15 is 0 Å². The van der Waals surface area contributed by atoms with E-state index in [0.717, 1.165) is 12.8 Å². The minimum Gasteiger partial charge on any atom is -0.444 e. The van der Waals surface area contributed by atoms with Crippen molar-refractivity contribution >= 4 is 89.9 Å². The minimum atomic E-state index is -3.94. The number of amides is 10. The number of rotatable bonds is 11. The average Bonchev–Trinajstić information content (AvgIpc) is 1.58. The Balaban J connectivity index is 0.000000198.